The summed E-state index contributed by atoms with van der Waals surface area (Å²) in [4.78, 5) is 0.0462. The molecule has 0 aromatic heterocycles. The van der Waals surface area contributed by atoms with Crippen molar-refractivity contribution in [2.45, 2.75) is 56.8 Å². The van der Waals surface area contributed by atoms with Crippen molar-refractivity contribution in [1.29, 1.82) is 0 Å². The first-order valence-electron chi connectivity index (χ1n) is 7.25. The molecule has 0 saturated carbocycles. The van der Waals surface area contributed by atoms with Gasteiger partial charge in [-0.05, 0) is 24.6 Å². The molecule has 0 bridgehead atoms. The van der Waals surface area contributed by atoms with Gasteiger partial charge in [0.15, 0.2) is 9.84 Å². The zero-order valence-corrected chi connectivity index (χ0v) is 12.9. The molecule has 0 spiro atoms. The molecule has 0 amide bonds. The molecule has 0 atom stereocenters. The number of hydrogen-bond donors (Lipinski definition) is 1. The molecular weight excluding hydrogens is 277 g/mol. The summed E-state index contributed by atoms with van der Waals surface area (Å²) in [5, 5.41) is 0. The average molecular weight is 301 g/mol. The third-order valence-corrected chi connectivity index (χ3v) is 5.19. The fraction of sp³-hybridized carbons (Fsp3) is 0.600. The maximum atomic E-state index is 12.9. The Morgan fingerprint density at radius 2 is 1.65 bits per heavy atom. The van der Waals surface area contributed by atoms with Crippen LogP contribution in [0.15, 0.2) is 23.1 Å². The van der Waals surface area contributed by atoms with Crippen molar-refractivity contribution < 1.29 is 12.8 Å². The fourth-order valence-corrected chi connectivity index (χ4v) is 3.66. The highest BCUT2D eigenvalue weighted by molar-refractivity contribution is 7.91. The van der Waals surface area contributed by atoms with Gasteiger partial charge in [-0.3, -0.25) is 0 Å². The van der Waals surface area contributed by atoms with Gasteiger partial charge in [-0.25, -0.2) is 12.8 Å². The van der Waals surface area contributed by atoms with E-state index < -0.39 is 15.7 Å². The smallest absolute Gasteiger partial charge is 0.180 e. The summed E-state index contributed by atoms with van der Waals surface area (Å²) in [6.07, 6.45) is 7.42. The number of unbranched alkanes of at least 4 members (excludes halogenated alkanes) is 6. The number of rotatable bonds is 9. The second kappa shape index (κ2) is 8.25. The van der Waals surface area contributed by atoms with Gasteiger partial charge in [0, 0.05) is 0 Å². The Labute approximate surface area is 121 Å². The predicted octanol–water partition coefficient (Wildman–Crippen LogP) is 3.93. The van der Waals surface area contributed by atoms with Gasteiger partial charge >= 0.3 is 0 Å². The Morgan fingerprint density at radius 1 is 1.05 bits per heavy atom. The lowest BCUT2D eigenvalue weighted by Gasteiger charge is -2.07. The molecule has 0 aliphatic rings. The van der Waals surface area contributed by atoms with Crippen LogP contribution in [0.1, 0.15) is 51.9 Å². The molecule has 2 N–H and O–H groups in total. The van der Waals surface area contributed by atoms with Crippen LogP contribution in [0.4, 0.5) is 10.1 Å². The molecule has 0 unspecified atom stereocenters. The van der Waals surface area contributed by atoms with E-state index >= 15 is 0 Å². The van der Waals surface area contributed by atoms with Gasteiger partial charge in [-0.2, -0.15) is 0 Å². The highest BCUT2D eigenvalue weighted by Gasteiger charge is 2.17. The molecule has 1 aromatic carbocycles. The van der Waals surface area contributed by atoms with Gasteiger partial charge in [0.2, 0.25) is 0 Å². The summed E-state index contributed by atoms with van der Waals surface area (Å²) >= 11 is 0. The first kappa shape index (κ1) is 17.0. The Bertz CT molecular complexity index is 515. The van der Waals surface area contributed by atoms with Crippen molar-refractivity contribution in [2.24, 2.45) is 0 Å². The van der Waals surface area contributed by atoms with Gasteiger partial charge in [-0.15, -0.1) is 0 Å². The van der Waals surface area contributed by atoms with Crippen molar-refractivity contribution in [1.82, 2.24) is 0 Å². The number of nitrogen functional groups attached to an aromatic ring is 1. The van der Waals surface area contributed by atoms with E-state index in [9.17, 15) is 12.8 Å². The standard InChI is InChI=1S/C15H24FNO2S/c1-2-3-4-5-6-7-8-11-20(18,19)15-10-9-13(16)12-14(15)17/h9-10,12H,2-8,11,17H2,1H3. The molecule has 5 heteroatoms. The van der Waals surface area contributed by atoms with Gasteiger partial charge in [0.05, 0.1) is 16.3 Å². The average Bonchev–Trinajstić information content (AvgIpc) is 2.37. The maximum absolute atomic E-state index is 12.9. The van der Waals surface area contributed by atoms with Crippen LogP contribution in [0.25, 0.3) is 0 Å². The van der Waals surface area contributed by atoms with Crippen LogP contribution in [0, 0.1) is 5.82 Å². The molecule has 114 valence electrons. The van der Waals surface area contributed by atoms with Crippen LogP contribution in [0.5, 0.6) is 0 Å². The molecule has 1 aromatic rings. The summed E-state index contributed by atoms with van der Waals surface area (Å²) in [6, 6.07) is 3.44. The minimum atomic E-state index is -3.40. The van der Waals surface area contributed by atoms with Crippen LogP contribution in [-0.2, 0) is 9.84 Å². The highest BCUT2D eigenvalue weighted by atomic mass is 32.2. The van der Waals surface area contributed by atoms with E-state index in [0.29, 0.717) is 6.42 Å². The zero-order chi connectivity index (χ0) is 15.0. The fourth-order valence-electron chi connectivity index (χ4n) is 2.16. The van der Waals surface area contributed by atoms with Crippen molar-refractivity contribution in [2.75, 3.05) is 11.5 Å². The molecule has 0 saturated heterocycles. The zero-order valence-electron chi connectivity index (χ0n) is 12.1. The lowest BCUT2D eigenvalue weighted by atomic mass is 10.1. The molecule has 1 rings (SSSR count). The lowest BCUT2D eigenvalue weighted by molar-refractivity contribution is 0.579. The summed E-state index contributed by atoms with van der Waals surface area (Å²) in [5.41, 5.74) is 5.57. The number of anilines is 1. The number of hydrogen-bond acceptors (Lipinski definition) is 3. The molecule has 0 fully saturated rings. The molecule has 3 nitrogen and oxygen atoms in total. The highest BCUT2D eigenvalue weighted by Crippen LogP contribution is 2.21. The van der Waals surface area contributed by atoms with Crippen LogP contribution in [-0.4, -0.2) is 14.2 Å². The van der Waals surface area contributed by atoms with Crippen molar-refractivity contribution in [3.8, 4) is 0 Å². The van der Waals surface area contributed by atoms with Gasteiger partial charge in [-0.1, -0.05) is 45.4 Å². The SMILES string of the molecule is CCCCCCCCCS(=O)(=O)c1ccc(F)cc1N. The van der Waals surface area contributed by atoms with E-state index in [1.165, 1.54) is 25.3 Å². The summed E-state index contributed by atoms with van der Waals surface area (Å²) in [6.45, 7) is 2.17. The summed E-state index contributed by atoms with van der Waals surface area (Å²) in [5.74, 6) is -0.436. The molecule has 0 aliphatic heterocycles. The summed E-state index contributed by atoms with van der Waals surface area (Å²) in [7, 11) is -3.40. The number of halogens is 1. The molecule has 0 aliphatic carbocycles. The minimum Gasteiger partial charge on any atom is -0.398 e. The van der Waals surface area contributed by atoms with Gasteiger partial charge in [0.1, 0.15) is 5.82 Å². The second-order valence-corrected chi connectivity index (χ2v) is 7.20. The van der Waals surface area contributed by atoms with E-state index in [1.807, 2.05) is 0 Å². The molecule has 0 heterocycles. The Hall–Kier alpha value is -1.10. The monoisotopic (exact) mass is 301 g/mol. The third kappa shape index (κ3) is 5.49. The summed E-state index contributed by atoms with van der Waals surface area (Å²) < 4.78 is 37.1. The first-order valence-corrected chi connectivity index (χ1v) is 8.90. The Balaban J connectivity index is 2.42. The maximum Gasteiger partial charge on any atom is 0.180 e. The van der Waals surface area contributed by atoms with Gasteiger partial charge in [0.25, 0.3) is 0 Å². The number of nitrogens with two attached hydrogens (primary N) is 1. The number of benzene rings is 1. The van der Waals surface area contributed by atoms with E-state index in [2.05, 4.69) is 6.92 Å². The third-order valence-electron chi connectivity index (χ3n) is 3.32. The van der Waals surface area contributed by atoms with Crippen LogP contribution in [0.2, 0.25) is 0 Å². The van der Waals surface area contributed by atoms with E-state index in [1.54, 1.807) is 0 Å². The van der Waals surface area contributed by atoms with Crippen LogP contribution >= 0.6 is 0 Å². The minimum absolute atomic E-state index is 0.00653. The molecule has 0 radical (unpaired) electrons. The van der Waals surface area contributed by atoms with Crippen molar-refractivity contribution in [3.05, 3.63) is 24.0 Å². The van der Waals surface area contributed by atoms with Crippen LogP contribution < -0.4 is 5.73 Å². The normalized spacial score (nSPS) is 11.7. The van der Waals surface area contributed by atoms with Crippen molar-refractivity contribution >= 4 is 15.5 Å². The van der Waals surface area contributed by atoms with Crippen LogP contribution in [0.3, 0.4) is 0 Å². The van der Waals surface area contributed by atoms with E-state index in [4.69, 9.17) is 5.73 Å². The van der Waals surface area contributed by atoms with E-state index in [-0.39, 0.29) is 16.3 Å². The quantitative estimate of drug-likeness (QED) is 0.427. The Morgan fingerprint density at radius 3 is 2.25 bits per heavy atom. The molecule has 20 heavy (non-hydrogen) atoms. The Kier molecular flexibility index (Phi) is 6.99. The lowest BCUT2D eigenvalue weighted by Crippen LogP contribution is -2.09. The second-order valence-electron chi connectivity index (χ2n) is 5.12. The van der Waals surface area contributed by atoms with Gasteiger partial charge < -0.3 is 5.73 Å². The predicted molar refractivity (Wildman–Crippen MR) is 80.9 cm³/mol. The first-order chi connectivity index (χ1) is 9.47. The number of sulfone groups is 1. The topological polar surface area (TPSA) is 60.2 Å². The molecular formula is C15H24FNO2S. The van der Waals surface area contributed by atoms with E-state index in [0.717, 1.165) is 31.4 Å². The largest absolute Gasteiger partial charge is 0.398 e. The van der Waals surface area contributed by atoms with Crippen molar-refractivity contribution in [3.63, 3.8) is 0 Å².